The van der Waals surface area contributed by atoms with Gasteiger partial charge in [0.25, 0.3) is 0 Å². The molecule has 0 radical (unpaired) electrons. The van der Waals surface area contributed by atoms with Crippen LogP contribution in [0.15, 0.2) is 0 Å². The third kappa shape index (κ3) is 8.58. The molecule has 0 saturated heterocycles. The molecule has 6 unspecified atom stereocenters. The van der Waals surface area contributed by atoms with Crippen LogP contribution in [0.1, 0.15) is 41.0 Å². The number of carboxylic acid groups (broad SMARTS) is 1. The number of nitrogens with two attached hydrogens (primary N) is 1. The van der Waals surface area contributed by atoms with Gasteiger partial charge in [0.05, 0.1) is 6.10 Å². The number of aliphatic hydroxyl groups excluding tert-OH is 1. The average molecular weight is 435 g/mol. The summed E-state index contributed by atoms with van der Waals surface area (Å²) in [6, 6.07) is -4.40. The van der Waals surface area contributed by atoms with Gasteiger partial charge in [-0.2, -0.15) is 12.6 Å². The molecular weight excluding hydrogens is 400 g/mol. The van der Waals surface area contributed by atoms with Gasteiger partial charge in [0.1, 0.15) is 24.2 Å². The van der Waals surface area contributed by atoms with E-state index in [-0.39, 0.29) is 17.6 Å². The van der Waals surface area contributed by atoms with Gasteiger partial charge >= 0.3 is 5.97 Å². The highest BCUT2D eigenvalue weighted by atomic mass is 32.1. The van der Waals surface area contributed by atoms with E-state index in [4.69, 9.17) is 10.8 Å². The maximum atomic E-state index is 12.8. The predicted molar refractivity (Wildman–Crippen MR) is 111 cm³/mol. The molecule has 0 bridgehead atoms. The smallest absolute Gasteiger partial charge is 0.327 e. The first kappa shape index (κ1) is 27.1. The number of aliphatic carboxylic acids is 1. The molecule has 0 aromatic rings. The molecular formula is C18H34N4O6S. The summed E-state index contributed by atoms with van der Waals surface area (Å²) in [4.78, 5) is 48.7. The first-order valence-corrected chi connectivity index (χ1v) is 10.2. The number of carbonyl (C=O) groups is 4. The Morgan fingerprint density at radius 3 is 1.79 bits per heavy atom. The summed E-state index contributed by atoms with van der Waals surface area (Å²) in [6.45, 7) is 8.34. The van der Waals surface area contributed by atoms with Gasteiger partial charge in [0, 0.05) is 5.75 Å². The van der Waals surface area contributed by atoms with Crippen molar-refractivity contribution >= 4 is 36.3 Å². The number of hydrogen-bond acceptors (Lipinski definition) is 7. The van der Waals surface area contributed by atoms with Gasteiger partial charge in [-0.25, -0.2) is 4.79 Å². The van der Waals surface area contributed by atoms with Crippen molar-refractivity contribution in [3.05, 3.63) is 0 Å². The number of carboxylic acids is 1. The quantitative estimate of drug-likeness (QED) is 0.190. The van der Waals surface area contributed by atoms with Gasteiger partial charge in [-0.05, 0) is 18.8 Å². The predicted octanol–water partition coefficient (Wildman–Crippen LogP) is -1.13. The second kappa shape index (κ2) is 12.7. The number of carbonyl (C=O) groups excluding carboxylic acids is 3. The second-order valence-electron chi connectivity index (χ2n) is 7.45. The minimum Gasteiger partial charge on any atom is -0.480 e. The zero-order valence-corrected chi connectivity index (χ0v) is 18.4. The monoisotopic (exact) mass is 434 g/mol. The zero-order chi connectivity index (χ0) is 22.9. The third-order valence-electron chi connectivity index (χ3n) is 4.66. The van der Waals surface area contributed by atoms with Crippen LogP contribution in [-0.4, -0.2) is 69.9 Å². The Hall–Kier alpha value is -1.85. The van der Waals surface area contributed by atoms with Gasteiger partial charge in [0.15, 0.2) is 0 Å². The Morgan fingerprint density at radius 2 is 1.41 bits per heavy atom. The van der Waals surface area contributed by atoms with E-state index in [1.807, 2.05) is 6.92 Å². The Morgan fingerprint density at radius 1 is 0.931 bits per heavy atom. The third-order valence-corrected chi connectivity index (χ3v) is 5.02. The summed E-state index contributed by atoms with van der Waals surface area (Å²) in [5.41, 5.74) is 5.63. The Balaban J connectivity index is 5.41. The SMILES string of the molecule is CCC(C)C(NC(=O)C(N)C(C)O)C(=O)NC(C(=O)NC(CS)C(=O)O)C(C)C. The Kier molecular flexibility index (Phi) is 11.8. The summed E-state index contributed by atoms with van der Waals surface area (Å²) in [5, 5.41) is 26.0. The lowest BCUT2D eigenvalue weighted by Crippen LogP contribution is -2.60. The fourth-order valence-corrected chi connectivity index (χ4v) is 2.64. The minimum atomic E-state index is -1.24. The molecule has 0 rings (SSSR count). The van der Waals surface area contributed by atoms with Crippen LogP contribution in [0.2, 0.25) is 0 Å². The fraction of sp³-hybridized carbons (Fsp3) is 0.778. The second-order valence-corrected chi connectivity index (χ2v) is 7.82. The van der Waals surface area contributed by atoms with E-state index in [2.05, 4.69) is 28.6 Å². The van der Waals surface area contributed by atoms with E-state index in [9.17, 15) is 24.3 Å². The summed E-state index contributed by atoms with van der Waals surface area (Å²) in [6.07, 6.45) is -0.541. The van der Waals surface area contributed by atoms with Crippen LogP contribution in [0, 0.1) is 11.8 Å². The normalized spacial score (nSPS) is 17.4. The lowest BCUT2D eigenvalue weighted by Gasteiger charge is -2.29. The lowest BCUT2D eigenvalue weighted by molar-refractivity contribution is -0.142. The van der Waals surface area contributed by atoms with Crippen molar-refractivity contribution in [2.45, 2.75) is 71.3 Å². The van der Waals surface area contributed by atoms with Crippen molar-refractivity contribution in [3.8, 4) is 0 Å². The molecule has 0 aliphatic heterocycles. The van der Waals surface area contributed by atoms with E-state index in [1.165, 1.54) is 6.92 Å². The zero-order valence-electron chi connectivity index (χ0n) is 17.5. The van der Waals surface area contributed by atoms with Gasteiger partial charge in [0.2, 0.25) is 17.7 Å². The van der Waals surface area contributed by atoms with Crippen molar-refractivity contribution < 1.29 is 29.4 Å². The van der Waals surface area contributed by atoms with Gasteiger partial charge in [-0.1, -0.05) is 34.1 Å². The highest BCUT2D eigenvalue weighted by molar-refractivity contribution is 7.80. The summed E-state index contributed by atoms with van der Waals surface area (Å²) < 4.78 is 0. The maximum Gasteiger partial charge on any atom is 0.327 e. The standard InChI is InChI=1S/C18H34N4O6S/c1-6-9(4)14(22-15(24)12(19)10(5)23)17(26)21-13(8(2)3)16(25)20-11(7-29)18(27)28/h8-14,23,29H,6-7,19H2,1-5H3,(H,20,25)(H,21,26)(H,22,24)(H,27,28). The van der Waals surface area contributed by atoms with Crippen molar-refractivity contribution in [3.63, 3.8) is 0 Å². The molecule has 0 aliphatic carbocycles. The van der Waals surface area contributed by atoms with Crippen LogP contribution in [0.4, 0.5) is 0 Å². The highest BCUT2D eigenvalue weighted by Crippen LogP contribution is 2.11. The van der Waals surface area contributed by atoms with E-state index in [1.54, 1.807) is 20.8 Å². The molecule has 3 amide bonds. The molecule has 6 atom stereocenters. The first-order chi connectivity index (χ1) is 13.4. The average Bonchev–Trinajstić information content (AvgIpc) is 2.65. The first-order valence-electron chi connectivity index (χ1n) is 9.55. The summed E-state index contributed by atoms with van der Waals surface area (Å²) in [5.74, 6) is -3.92. The van der Waals surface area contributed by atoms with E-state index in [0.717, 1.165) is 0 Å². The minimum absolute atomic E-state index is 0.109. The molecule has 0 aliphatic rings. The number of hydrogen-bond donors (Lipinski definition) is 7. The van der Waals surface area contributed by atoms with E-state index in [0.29, 0.717) is 6.42 Å². The molecule has 29 heavy (non-hydrogen) atoms. The van der Waals surface area contributed by atoms with Crippen molar-refractivity contribution in [1.29, 1.82) is 0 Å². The lowest BCUT2D eigenvalue weighted by atomic mass is 9.96. The molecule has 0 spiro atoms. The molecule has 168 valence electrons. The molecule has 0 saturated carbocycles. The van der Waals surface area contributed by atoms with Crippen molar-refractivity contribution in [1.82, 2.24) is 16.0 Å². The van der Waals surface area contributed by atoms with Gasteiger partial charge in [-0.3, -0.25) is 14.4 Å². The van der Waals surface area contributed by atoms with Crippen LogP contribution >= 0.6 is 12.6 Å². The molecule has 0 aromatic carbocycles. The topological polar surface area (TPSA) is 171 Å². The van der Waals surface area contributed by atoms with Crippen LogP contribution in [0.25, 0.3) is 0 Å². The highest BCUT2D eigenvalue weighted by Gasteiger charge is 2.33. The summed E-state index contributed by atoms with van der Waals surface area (Å²) >= 11 is 3.90. The molecule has 11 heteroatoms. The van der Waals surface area contributed by atoms with Crippen LogP contribution in [0.3, 0.4) is 0 Å². The number of aliphatic hydroxyl groups is 1. The maximum absolute atomic E-state index is 12.8. The van der Waals surface area contributed by atoms with Crippen LogP contribution < -0.4 is 21.7 Å². The van der Waals surface area contributed by atoms with Gasteiger partial charge in [-0.15, -0.1) is 0 Å². The number of rotatable bonds is 12. The fourth-order valence-electron chi connectivity index (χ4n) is 2.40. The van der Waals surface area contributed by atoms with Gasteiger partial charge < -0.3 is 31.9 Å². The number of amides is 3. The van der Waals surface area contributed by atoms with Crippen molar-refractivity contribution in [2.24, 2.45) is 17.6 Å². The number of thiol groups is 1. The molecule has 0 aromatic heterocycles. The summed E-state index contributed by atoms with van der Waals surface area (Å²) in [7, 11) is 0. The molecule has 0 heterocycles. The Bertz CT molecular complexity index is 587. The Labute approximate surface area is 176 Å². The molecule has 7 N–H and O–H groups in total. The van der Waals surface area contributed by atoms with Crippen LogP contribution in [-0.2, 0) is 19.2 Å². The number of nitrogens with one attached hydrogen (secondary N) is 3. The van der Waals surface area contributed by atoms with Crippen LogP contribution in [0.5, 0.6) is 0 Å². The van der Waals surface area contributed by atoms with E-state index < -0.39 is 54.0 Å². The molecule has 0 fully saturated rings. The van der Waals surface area contributed by atoms with Crippen molar-refractivity contribution in [2.75, 3.05) is 5.75 Å². The molecule has 10 nitrogen and oxygen atoms in total. The van der Waals surface area contributed by atoms with E-state index >= 15 is 0 Å². The largest absolute Gasteiger partial charge is 0.480 e.